The minimum absolute atomic E-state index is 0.554. The molecule has 0 amide bonds. The van der Waals surface area contributed by atoms with Crippen LogP contribution in [0.4, 0.5) is 0 Å². The molecule has 0 atom stereocenters. The monoisotopic (exact) mass is 746 g/mol. The van der Waals surface area contributed by atoms with Gasteiger partial charge in [-0.05, 0) is 66.6 Å². The molecule has 0 aliphatic heterocycles. The van der Waals surface area contributed by atoms with E-state index in [-0.39, 0.29) is 0 Å². The Hall–Kier alpha value is -7.83. The van der Waals surface area contributed by atoms with Crippen LogP contribution in [0, 0.1) is 0 Å². The third-order valence-corrected chi connectivity index (χ3v) is 10.9. The van der Waals surface area contributed by atoms with Crippen molar-refractivity contribution in [3.05, 3.63) is 188 Å². The zero-order valence-electron chi connectivity index (χ0n) is 31.6. The van der Waals surface area contributed by atoms with E-state index in [1.165, 1.54) is 10.8 Å². The molecular formula is C52H34N4O2. The van der Waals surface area contributed by atoms with Gasteiger partial charge in [0.1, 0.15) is 22.3 Å². The highest BCUT2D eigenvalue weighted by molar-refractivity contribution is 6.19. The molecule has 6 heteroatoms. The highest BCUT2D eigenvalue weighted by Crippen LogP contribution is 2.44. The predicted octanol–water partition coefficient (Wildman–Crippen LogP) is 13.9. The lowest BCUT2D eigenvalue weighted by Crippen LogP contribution is -2.02. The fourth-order valence-electron chi connectivity index (χ4n) is 8.49. The van der Waals surface area contributed by atoms with Crippen molar-refractivity contribution in [2.75, 3.05) is 0 Å². The zero-order valence-corrected chi connectivity index (χ0v) is 31.6. The molecule has 11 aromatic rings. The predicted molar refractivity (Wildman–Crippen MR) is 238 cm³/mol. The number of fused-ring (bicyclic) bond motifs is 9. The molecule has 7 aromatic carbocycles. The highest BCUT2D eigenvalue weighted by atomic mass is 16.3. The minimum atomic E-state index is 0.554. The lowest BCUT2D eigenvalue weighted by Gasteiger charge is -2.11. The molecule has 0 aliphatic rings. The van der Waals surface area contributed by atoms with Crippen LogP contribution < -0.4 is 0 Å². The average molecular weight is 747 g/mol. The molecule has 0 N–H and O–H groups in total. The first-order chi connectivity index (χ1) is 28.7. The van der Waals surface area contributed by atoms with Crippen molar-refractivity contribution in [1.82, 2.24) is 19.5 Å². The van der Waals surface area contributed by atoms with E-state index in [2.05, 4.69) is 114 Å². The molecule has 0 saturated heterocycles. The van der Waals surface area contributed by atoms with Gasteiger partial charge in [0.2, 0.25) is 0 Å². The van der Waals surface area contributed by atoms with Crippen LogP contribution in [0.25, 0.3) is 111 Å². The Kier molecular flexibility index (Phi) is 7.76. The van der Waals surface area contributed by atoms with Gasteiger partial charge >= 0.3 is 0 Å². The van der Waals surface area contributed by atoms with Crippen molar-refractivity contribution in [2.45, 2.75) is 6.92 Å². The lowest BCUT2D eigenvalue weighted by atomic mass is 9.96. The average Bonchev–Trinajstić information content (AvgIpc) is 3.96. The summed E-state index contributed by atoms with van der Waals surface area (Å²) < 4.78 is 15.5. The summed E-state index contributed by atoms with van der Waals surface area (Å²) in [4.78, 5) is 15.2. The van der Waals surface area contributed by atoms with E-state index in [9.17, 15) is 0 Å². The minimum Gasteiger partial charge on any atom is -0.456 e. The quantitative estimate of drug-likeness (QED) is 0.152. The molecule has 0 bridgehead atoms. The zero-order chi connectivity index (χ0) is 38.7. The third-order valence-electron chi connectivity index (χ3n) is 10.9. The molecule has 4 aromatic heterocycles. The van der Waals surface area contributed by atoms with Gasteiger partial charge in [0.15, 0.2) is 17.5 Å². The molecule has 0 radical (unpaired) electrons. The summed E-state index contributed by atoms with van der Waals surface area (Å²) in [6, 6.07) is 52.3. The Morgan fingerprint density at radius 2 is 1.16 bits per heavy atom. The summed E-state index contributed by atoms with van der Waals surface area (Å²) in [5, 5.41) is 6.46. The van der Waals surface area contributed by atoms with E-state index in [0.717, 1.165) is 88.4 Å². The number of hydrogen-bond acceptors (Lipinski definition) is 5. The maximum Gasteiger partial charge on any atom is 0.164 e. The number of furan rings is 2. The van der Waals surface area contributed by atoms with Crippen molar-refractivity contribution in [2.24, 2.45) is 0 Å². The molecule has 0 saturated carbocycles. The Morgan fingerprint density at radius 1 is 0.534 bits per heavy atom. The maximum atomic E-state index is 6.61. The summed E-state index contributed by atoms with van der Waals surface area (Å²) in [6.07, 6.45) is 7.64. The van der Waals surface area contributed by atoms with E-state index < -0.39 is 0 Å². The number of rotatable bonds is 7. The van der Waals surface area contributed by atoms with Crippen molar-refractivity contribution in [1.29, 1.82) is 0 Å². The molecule has 0 spiro atoms. The molecule has 58 heavy (non-hydrogen) atoms. The van der Waals surface area contributed by atoms with Gasteiger partial charge in [0.05, 0.1) is 22.1 Å². The van der Waals surface area contributed by atoms with Crippen molar-refractivity contribution >= 4 is 71.3 Å². The Morgan fingerprint density at radius 3 is 1.88 bits per heavy atom. The summed E-state index contributed by atoms with van der Waals surface area (Å²) in [7, 11) is 0. The third kappa shape index (κ3) is 5.23. The summed E-state index contributed by atoms with van der Waals surface area (Å²) >= 11 is 0. The number of nitrogens with zero attached hydrogens (tertiary/aromatic N) is 4. The van der Waals surface area contributed by atoms with E-state index in [1.54, 1.807) is 6.08 Å². The van der Waals surface area contributed by atoms with Crippen LogP contribution in [-0.4, -0.2) is 19.5 Å². The van der Waals surface area contributed by atoms with Crippen LogP contribution >= 0.6 is 0 Å². The first-order valence-electron chi connectivity index (χ1n) is 19.3. The molecule has 6 nitrogen and oxygen atoms in total. The van der Waals surface area contributed by atoms with E-state index in [1.807, 2.05) is 73.7 Å². The van der Waals surface area contributed by atoms with Crippen LogP contribution in [0.5, 0.6) is 0 Å². The first kappa shape index (κ1) is 33.5. The molecule has 11 rings (SSSR count). The second-order valence-electron chi connectivity index (χ2n) is 14.3. The highest BCUT2D eigenvalue weighted by Gasteiger charge is 2.22. The van der Waals surface area contributed by atoms with E-state index in [0.29, 0.717) is 17.5 Å². The molecular weight excluding hydrogens is 713 g/mol. The van der Waals surface area contributed by atoms with Gasteiger partial charge in [-0.3, -0.25) is 0 Å². The summed E-state index contributed by atoms with van der Waals surface area (Å²) in [6.45, 7) is 5.93. The van der Waals surface area contributed by atoms with Crippen LogP contribution in [0.1, 0.15) is 12.7 Å². The number of benzene rings is 7. The second-order valence-corrected chi connectivity index (χ2v) is 14.3. The van der Waals surface area contributed by atoms with Crippen LogP contribution in [-0.2, 0) is 0 Å². The first-order valence-corrected chi connectivity index (χ1v) is 19.3. The summed E-state index contributed by atoms with van der Waals surface area (Å²) in [5.41, 5.74) is 11.2. The molecule has 0 aliphatic carbocycles. The van der Waals surface area contributed by atoms with Gasteiger partial charge in [0, 0.05) is 43.6 Å². The van der Waals surface area contributed by atoms with Crippen LogP contribution in [0.3, 0.4) is 0 Å². The van der Waals surface area contributed by atoms with E-state index in [4.69, 9.17) is 23.8 Å². The fourth-order valence-corrected chi connectivity index (χ4v) is 8.49. The maximum absolute atomic E-state index is 6.61. The van der Waals surface area contributed by atoms with Crippen LogP contribution in [0.2, 0.25) is 0 Å². The second kappa shape index (κ2) is 13.4. The topological polar surface area (TPSA) is 69.9 Å². The van der Waals surface area contributed by atoms with Gasteiger partial charge in [-0.15, -0.1) is 0 Å². The van der Waals surface area contributed by atoms with Crippen molar-refractivity contribution < 1.29 is 8.83 Å². The van der Waals surface area contributed by atoms with Gasteiger partial charge in [-0.1, -0.05) is 134 Å². The van der Waals surface area contributed by atoms with Gasteiger partial charge in [-0.25, -0.2) is 15.0 Å². The van der Waals surface area contributed by atoms with Crippen molar-refractivity contribution in [3.63, 3.8) is 0 Å². The number of para-hydroxylation sites is 2. The SMILES string of the molecule is C=C/C=C(\C=C/C)c1nc(-c2ccccc2)nc(-c2cccc3oc4cccc(-c5ccc6oc7cccc(-n8c9ccccc9c9ccccc98)c7c6c5)c4c23)n1. The van der Waals surface area contributed by atoms with Gasteiger partial charge in [-0.2, -0.15) is 0 Å². The molecule has 0 fully saturated rings. The molecule has 274 valence electrons. The van der Waals surface area contributed by atoms with Gasteiger partial charge < -0.3 is 13.4 Å². The largest absolute Gasteiger partial charge is 0.456 e. The van der Waals surface area contributed by atoms with Crippen molar-refractivity contribution in [3.8, 4) is 39.6 Å². The summed E-state index contributed by atoms with van der Waals surface area (Å²) in [5.74, 6) is 1.70. The Balaban J connectivity index is 1.15. The number of aromatic nitrogens is 4. The number of allylic oxidation sites excluding steroid dienone is 5. The molecule has 4 heterocycles. The Labute approximate surface area is 333 Å². The molecule has 0 unspecified atom stereocenters. The van der Waals surface area contributed by atoms with Gasteiger partial charge in [0.25, 0.3) is 0 Å². The Bertz CT molecular complexity index is 3440. The smallest absolute Gasteiger partial charge is 0.164 e. The van der Waals surface area contributed by atoms with Crippen LogP contribution in [0.15, 0.2) is 191 Å². The normalized spacial score (nSPS) is 12.3. The fraction of sp³-hybridized carbons (Fsp3) is 0.0192. The standard InChI is InChI=1S/C52H34N4O2/c1-3-15-32(16-4-2)50-53-51(33-17-6-5-7-18-33)55-52(54-50)38-22-13-27-46-49(38)48-35(21-12-26-45(48)58-46)34-29-30-43-39(31-34)47-42(25-14-28-44(47)57-43)56-40-23-10-8-19-36(40)37-20-9-11-24-41(37)56/h3-31H,1H2,2H3/b16-4-,32-15+. The van der Waals surface area contributed by atoms with E-state index >= 15 is 0 Å². The number of hydrogen-bond donors (Lipinski definition) is 0. The lowest BCUT2D eigenvalue weighted by molar-refractivity contribution is 0.668.